The van der Waals surface area contributed by atoms with E-state index in [1.165, 1.54) is 42.6 Å². The maximum absolute atomic E-state index is 12.5. The van der Waals surface area contributed by atoms with Gasteiger partial charge in [0.1, 0.15) is 5.69 Å². The minimum absolute atomic E-state index is 0.0470. The van der Waals surface area contributed by atoms with Gasteiger partial charge in [0.25, 0.3) is 15.7 Å². The van der Waals surface area contributed by atoms with Crippen LogP contribution in [0.1, 0.15) is 5.56 Å². The van der Waals surface area contributed by atoms with Crippen LogP contribution in [0.15, 0.2) is 77.0 Å². The fraction of sp³-hybridized carbons (Fsp3) is 0. The zero-order chi connectivity index (χ0) is 20.9. The van der Waals surface area contributed by atoms with Crippen molar-refractivity contribution in [2.75, 3.05) is 10.1 Å². The van der Waals surface area contributed by atoms with Crippen LogP contribution >= 0.6 is 11.6 Å². The molecule has 3 rings (SSSR count). The Morgan fingerprint density at radius 1 is 1.07 bits per heavy atom. The quantitative estimate of drug-likeness (QED) is 0.332. The second-order valence-corrected chi connectivity index (χ2v) is 7.82. The molecule has 148 valence electrons. The number of benzene rings is 2. The van der Waals surface area contributed by atoms with Crippen LogP contribution in [0, 0.1) is 10.1 Å². The molecule has 0 spiro atoms. The number of hydrogen-bond donors (Lipinski definition) is 2. The van der Waals surface area contributed by atoms with E-state index in [9.17, 15) is 18.5 Å². The number of sulfonamides is 1. The van der Waals surface area contributed by atoms with E-state index in [0.717, 1.165) is 11.6 Å². The molecule has 0 unspecified atom stereocenters. The highest BCUT2D eigenvalue weighted by Crippen LogP contribution is 2.28. The molecule has 29 heavy (non-hydrogen) atoms. The summed E-state index contributed by atoms with van der Waals surface area (Å²) in [6.45, 7) is 0. The summed E-state index contributed by atoms with van der Waals surface area (Å²) in [5, 5.41) is 15.8. The third kappa shape index (κ3) is 5.27. The number of anilines is 2. The van der Waals surface area contributed by atoms with E-state index in [2.05, 4.69) is 20.2 Å². The lowest BCUT2D eigenvalue weighted by atomic mass is 10.3. The number of nitro groups is 1. The van der Waals surface area contributed by atoms with E-state index < -0.39 is 20.6 Å². The van der Waals surface area contributed by atoms with E-state index in [0.29, 0.717) is 5.02 Å². The SMILES string of the molecule is O=[N+]([O-])c1cc(S(=O)(=O)Nc2ccc(Cl)cc2)ccc1NN=Cc1ccncc1. The topological polar surface area (TPSA) is 127 Å². The van der Waals surface area contributed by atoms with Gasteiger partial charge in [-0.3, -0.25) is 25.2 Å². The molecule has 2 N–H and O–H groups in total. The van der Waals surface area contributed by atoms with Crippen molar-refractivity contribution < 1.29 is 13.3 Å². The first-order valence-corrected chi connectivity index (χ1v) is 9.97. The van der Waals surface area contributed by atoms with Crippen LogP contribution in [0.3, 0.4) is 0 Å². The average molecular weight is 432 g/mol. The first kappa shape index (κ1) is 20.2. The van der Waals surface area contributed by atoms with Crippen LogP contribution in [0.25, 0.3) is 0 Å². The highest BCUT2D eigenvalue weighted by molar-refractivity contribution is 7.92. The molecule has 3 aromatic rings. The lowest BCUT2D eigenvalue weighted by molar-refractivity contribution is -0.384. The third-order valence-electron chi connectivity index (χ3n) is 3.68. The van der Waals surface area contributed by atoms with E-state index in [-0.39, 0.29) is 16.3 Å². The van der Waals surface area contributed by atoms with Crippen molar-refractivity contribution in [1.29, 1.82) is 0 Å². The Kier molecular flexibility index (Phi) is 6.05. The van der Waals surface area contributed by atoms with Crippen molar-refractivity contribution in [2.45, 2.75) is 4.90 Å². The molecule has 1 heterocycles. The highest BCUT2D eigenvalue weighted by Gasteiger charge is 2.21. The minimum Gasteiger partial charge on any atom is -0.280 e. The maximum Gasteiger partial charge on any atom is 0.295 e. The Balaban J connectivity index is 1.84. The Morgan fingerprint density at radius 2 is 1.76 bits per heavy atom. The zero-order valence-electron chi connectivity index (χ0n) is 14.7. The lowest BCUT2D eigenvalue weighted by Crippen LogP contribution is -2.13. The van der Waals surface area contributed by atoms with Gasteiger partial charge in [-0.2, -0.15) is 5.10 Å². The van der Waals surface area contributed by atoms with Crippen molar-refractivity contribution in [3.8, 4) is 0 Å². The smallest absolute Gasteiger partial charge is 0.280 e. The molecule has 0 aliphatic heterocycles. The summed E-state index contributed by atoms with van der Waals surface area (Å²) in [5.74, 6) is 0. The predicted molar refractivity (Wildman–Crippen MR) is 111 cm³/mol. The Morgan fingerprint density at radius 3 is 2.41 bits per heavy atom. The van der Waals surface area contributed by atoms with Crippen LogP contribution < -0.4 is 10.1 Å². The molecule has 0 aliphatic carbocycles. The van der Waals surface area contributed by atoms with Gasteiger partial charge in [0.05, 0.1) is 16.0 Å². The van der Waals surface area contributed by atoms with E-state index >= 15 is 0 Å². The normalized spacial score (nSPS) is 11.3. The van der Waals surface area contributed by atoms with Gasteiger partial charge in [-0.25, -0.2) is 8.42 Å². The first-order valence-electron chi connectivity index (χ1n) is 8.11. The van der Waals surface area contributed by atoms with E-state index in [1.54, 1.807) is 24.5 Å². The molecule has 0 radical (unpaired) electrons. The van der Waals surface area contributed by atoms with E-state index in [4.69, 9.17) is 11.6 Å². The van der Waals surface area contributed by atoms with Crippen molar-refractivity contribution in [1.82, 2.24) is 4.98 Å². The summed E-state index contributed by atoms with van der Waals surface area (Å²) in [4.78, 5) is 14.3. The van der Waals surface area contributed by atoms with Gasteiger partial charge in [-0.1, -0.05) is 11.6 Å². The van der Waals surface area contributed by atoms with Gasteiger partial charge in [0.2, 0.25) is 0 Å². The zero-order valence-corrected chi connectivity index (χ0v) is 16.3. The summed E-state index contributed by atoms with van der Waals surface area (Å²) in [6, 6.07) is 12.9. The summed E-state index contributed by atoms with van der Waals surface area (Å²) in [5.41, 5.74) is 3.18. The number of nitrogens with zero attached hydrogens (tertiary/aromatic N) is 3. The Hall–Kier alpha value is -3.50. The largest absolute Gasteiger partial charge is 0.295 e. The number of nitrogens with one attached hydrogen (secondary N) is 2. The summed E-state index contributed by atoms with van der Waals surface area (Å²) in [6.07, 6.45) is 4.62. The summed E-state index contributed by atoms with van der Waals surface area (Å²) in [7, 11) is -4.03. The number of pyridine rings is 1. The van der Waals surface area contributed by atoms with Crippen LogP contribution in [-0.4, -0.2) is 24.5 Å². The minimum atomic E-state index is -4.03. The van der Waals surface area contributed by atoms with Crippen LogP contribution in [0.4, 0.5) is 17.1 Å². The number of hydrogen-bond acceptors (Lipinski definition) is 7. The van der Waals surface area contributed by atoms with Crippen molar-refractivity contribution in [2.24, 2.45) is 5.10 Å². The summed E-state index contributed by atoms with van der Waals surface area (Å²) >= 11 is 5.78. The van der Waals surface area contributed by atoms with Gasteiger partial charge in [-0.05, 0) is 54.1 Å². The Bertz CT molecular complexity index is 1150. The number of rotatable bonds is 7. The molecule has 11 heteroatoms. The molecule has 0 bridgehead atoms. The molecule has 0 atom stereocenters. The van der Waals surface area contributed by atoms with Gasteiger partial charge in [0.15, 0.2) is 0 Å². The molecule has 1 aromatic heterocycles. The standard InChI is InChI=1S/C18H14ClN5O4S/c19-14-1-3-15(4-2-14)23-29(27,28)16-5-6-17(18(11-16)24(25)26)22-21-12-13-7-9-20-10-8-13/h1-12,22-23H. The number of nitro benzene ring substituents is 1. The molecule has 0 amide bonds. The number of hydrazone groups is 1. The molecular weight excluding hydrogens is 418 g/mol. The van der Waals surface area contributed by atoms with Gasteiger partial charge >= 0.3 is 0 Å². The molecule has 0 fully saturated rings. The molecule has 9 nitrogen and oxygen atoms in total. The molecule has 2 aromatic carbocycles. The van der Waals surface area contributed by atoms with Crippen molar-refractivity contribution >= 4 is 44.9 Å². The highest BCUT2D eigenvalue weighted by atomic mass is 35.5. The van der Waals surface area contributed by atoms with Gasteiger partial charge < -0.3 is 0 Å². The number of halogens is 1. The third-order valence-corrected chi connectivity index (χ3v) is 5.31. The molecular formula is C18H14ClN5O4S. The molecule has 0 aliphatic rings. The fourth-order valence-corrected chi connectivity index (χ4v) is 3.49. The fourth-order valence-electron chi connectivity index (χ4n) is 2.28. The maximum atomic E-state index is 12.5. The monoisotopic (exact) mass is 431 g/mol. The second kappa shape index (κ2) is 8.67. The first-order chi connectivity index (χ1) is 13.8. The van der Waals surface area contributed by atoms with Crippen molar-refractivity contribution in [3.63, 3.8) is 0 Å². The van der Waals surface area contributed by atoms with Gasteiger partial charge in [0, 0.05) is 29.2 Å². The van der Waals surface area contributed by atoms with Gasteiger partial charge in [-0.15, -0.1) is 0 Å². The second-order valence-electron chi connectivity index (χ2n) is 5.70. The van der Waals surface area contributed by atoms with Crippen LogP contribution in [0.5, 0.6) is 0 Å². The van der Waals surface area contributed by atoms with Crippen LogP contribution in [-0.2, 0) is 10.0 Å². The van der Waals surface area contributed by atoms with E-state index in [1.807, 2.05) is 0 Å². The molecule has 0 saturated heterocycles. The average Bonchev–Trinajstić information content (AvgIpc) is 2.70. The lowest BCUT2D eigenvalue weighted by Gasteiger charge is -2.09. The number of aromatic nitrogens is 1. The predicted octanol–water partition coefficient (Wildman–Crippen LogP) is 3.89. The van der Waals surface area contributed by atoms with Crippen molar-refractivity contribution in [3.05, 3.63) is 87.7 Å². The van der Waals surface area contributed by atoms with Crippen LogP contribution in [0.2, 0.25) is 5.02 Å². The summed E-state index contributed by atoms with van der Waals surface area (Å²) < 4.78 is 27.4. The Labute approximate surface area is 171 Å². The molecule has 0 saturated carbocycles.